The first-order valence-corrected chi connectivity index (χ1v) is 12.3. The standard InChI is InChI=1S/C29H23ClF3N3O2/c1-4-18-6-5-7-19(12-18)20-8-10-25(36-15-23(30)16(2)35-36)22(13-20)28-27(34-17(3)37-28)21-9-11-26(24(31)14-21)38-29(32)33/h5-15,29H,4H2,1-3H3. The summed E-state index contributed by atoms with van der Waals surface area (Å²) in [5.41, 5.74) is 5.81. The van der Waals surface area contributed by atoms with E-state index in [9.17, 15) is 13.2 Å². The van der Waals surface area contributed by atoms with Crippen molar-refractivity contribution >= 4 is 11.6 Å². The van der Waals surface area contributed by atoms with Crippen molar-refractivity contribution in [3.63, 3.8) is 0 Å². The molecule has 5 aromatic rings. The van der Waals surface area contributed by atoms with Crippen LogP contribution in [-0.4, -0.2) is 21.4 Å². The van der Waals surface area contributed by atoms with E-state index in [4.69, 9.17) is 16.0 Å². The molecular weight excluding hydrogens is 515 g/mol. The van der Waals surface area contributed by atoms with Crippen molar-refractivity contribution in [2.24, 2.45) is 0 Å². The molecule has 0 aliphatic heterocycles. The van der Waals surface area contributed by atoms with Crippen LogP contribution < -0.4 is 4.74 Å². The van der Waals surface area contributed by atoms with Crippen molar-refractivity contribution < 1.29 is 22.3 Å². The van der Waals surface area contributed by atoms with E-state index in [1.807, 2.05) is 30.3 Å². The number of aromatic nitrogens is 3. The molecule has 5 rings (SSSR count). The van der Waals surface area contributed by atoms with E-state index in [1.54, 1.807) is 24.7 Å². The zero-order chi connectivity index (χ0) is 27.0. The maximum Gasteiger partial charge on any atom is 0.387 e. The molecule has 0 bridgehead atoms. The van der Waals surface area contributed by atoms with Gasteiger partial charge >= 0.3 is 6.61 Å². The molecule has 194 valence electrons. The van der Waals surface area contributed by atoms with E-state index in [-0.39, 0.29) is 0 Å². The number of nitrogens with zero attached hydrogens (tertiary/aromatic N) is 3. The summed E-state index contributed by atoms with van der Waals surface area (Å²) >= 11 is 6.31. The zero-order valence-corrected chi connectivity index (χ0v) is 21.6. The zero-order valence-electron chi connectivity index (χ0n) is 20.8. The number of alkyl halides is 2. The van der Waals surface area contributed by atoms with Crippen molar-refractivity contribution in [3.05, 3.63) is 94.8 Å². The van der Waals surface area contributed by atoms with E-state index < -0.39 is 18.2 Å². The Morgan fingerprint density at radius 1 is 1.00 bits per heavy atom. The molecule has 5 nitrogen and oxygen atoms in total. The number of aryl methyl sites for hydroxylation is 3. The van der Waals surface area contributed by atoms with Gasteiger partial charge in [-0.2, -0.15) is 13.9 Å². The summed E-state index contributed by atoms with van der Waals surface area (Å²) in [4.78, 5) is 4.50. The van der Waals surface area contributed by atoms with Crippen LogP contribution in [0.1, 0.15) is 24.1 Å². The largest absolute Gasteiger partial charge is 0.440 e. The van der Waals surface area contributed by atoms with Crippen molar-refractivity contribution in [1.29, 1.82) is 0 Å². The number of oxazole rings is 1. The lowest BCUT2D eigenvalue weighted by atomic mass is 9.97. The van der Waals surface area contributed by atoms with Crippen molar-refractivity contribution in [3.8, 4) is 45.1 Å². The summed E-state index contributed by atoms with van der Waals surface area (Å²) in [6.07, 6.45) is 2.60. The summed E-state index contributed by atoms with van der Waals surface area (Å²) in [5, 5.41) is 5.04. The Labute approximate surface area is 222 Å². The number of halogens is 4. The fourth-order valence-electron chi connectivity index (χ4n) is 4.28. The molecule has 0 aliphatic rings. The Morgan fingerprint density at radius 2 is 1.76 bits per heavy atom. The van der Waals surface area contributed by atoms with E-state index in [1.165, 1.54) is 11.6 Å². The highest BCUT2D eigenvalue weighted by atomic mass is 35.5. The predicted molar refractivity (Wildman–Crippen MR) is 140 cm³/mol. The van der Waals surface area contributed by atoms with Gasteiger partial charge in [-0.1, -0.05) is 48.9 Å². The van der Waals surface area contributed by atoms with E-state index >= 15 is 0 Å². The molecule has 0 saturated heterocycles. The van der Waals surface area contributed by atoms with Crippen molar-refractivity contribution in [2.45, 2.75) is 33.8 Å². The maximum absolute atomic E-state index is 14.6. The molecule has 2 heterocycles. The van der Waals surface area contributed by atoms with Crippen LogP contribution >= 0.6 is 11.6 Å². The Kier molecular flexibility index (Phi) is 6.99. The van der Waals surface area contributed by atoms with Crippen LogP contribution in [-0.2, 0) is 6.42 Å². The van der Waals surface area contributed by atoms with E-state index in [0.29, 0.717) is 44.9 Å². The van der Waals surface area contributed by atoms with Gasteiger partial charge in [-0.25, -0.2) is 14.1 Å². The molecule has 3 aromatic carbocycles. The quantitative estimate of drug-likeness (QED) is 0.209. The van der Waals surface area contributed by atoms with Crippen LogP contribution in [0.15, 0.2) is 71.3 Å². The van der Waals surface area contributed by atoms with Gasteiger partial charge in [0.05, 0.1) is 16.4 Å². The summed E-state index contributed by atoms with van der Waals surface area (Å²) in [6, 6.07) is 17.8. The minimum absolute atomic E-state index is 0.343. The second-order valence-corrected chi connectivity index (χ2v) is 9.13. The fraction of sp³-hybridized carbons (Fsp3) is 0.172. The third-order valence-corrected chi connectivity index (χ3v) is 6.52. The minimum atomic E-state index is -3.14. The molecule has 0 fully saturated rings. The van der Waals surface area contributed by atoms with Crippen molar-refractivity contribution in [2.75, 3.05) is 0 Å². The van der Waals surface area contributed by atoms with Crippen LogP contribution in [0.3, 0.4) is 0 Å². The molecule has 0 N–H and O–H groups in total. The lowest BCUT2D eigenvalue weighted by Gasteiger charge is -2.13. The fourth-order valence-corrected chi connectivity index (χ4v) is 4.41. The van der Waals surface area contributed by atoms with Gasteiger partial charge < -0.3 is 9.15 Å². The molecule has 0 radical (unpaired) electrons. The number of hydrogen-bond donors (Lipinski definition) is 0. The molecule has 0 aliphatic carbocycles. The number of benzene rings is 3. The average Bonchev–Trinajstić information content (AvgIpc) is 3.46. The first-order valence-electron chi connectivity index (χ1n) is 11.9. The molecule has 0 amide bonds. The highest BCUT2D eigenvalue weighted by Crippen LogP contribution is 2.39. The molecule has 0 spiro atoms. The molecule has 0 unspecified atom stereocenters. The second kappa shape index (κ2) is 10.4. The van der Waals surface area contributed by atoms with Gasteiger partial charge in [0.25, 0.3) is 0 Å². The van der Waals surface area contributed by atoms with E-state index in [0.717, 1.165) is 29.7 Å². The Hall–Kier alpha value is -4.04. The predicted octanol–water partition coefficient (Wildman–Crippen LogP) is 8.43. The van der Waals surface area contributed by atoms with Gasteiger partial charge in [0.1, 0.15) is 5.69 Å². The van der Waals surface area contributed by atoms with Crippen molar-refractivity contribution in [1.82, 2.24) is 14.8 Å². The van der Waals surface area contributed by atoms with Gasteiger partial charge in [0, 0.05) is 24.2 Å². The van der Waals surface area contributed by atoms with Gasteiger partial charge in [-0.3, -0.25) is 0 Å². The Balaban J connectivity index is 1.70. The molecular formula is C29H23ClF3N3O2. The molecule has 9 heteroatoms. The molecule has 0 atom stereocenters. The minimum Gasteiger partial charge on any atom is -0.440 e. The summed E-state index contributed by atoms with van der Waals surface area (Å²) in [7, 11) is 0. The monoisotopic (exact) mass is 537 g/mol. The molecule has 38 heavy (non-hydrogen) atoms. The van der Waals surface area contributed by atoms with Crippen LogP contribution in [0.2, 0.25) is 5.02 Å². The smallest absolute Gasteiger partial charge is 0.387 e. The summed E-state index contributed by atoms with van der Waals surface area (Å²) in [5.74, 6) is -0.764. The van der Waals surface area contributed by atoms with Gasteiger partial charge in [-0.15, -0.1) is 0 Å². The number of rotatable bonds is 7. The third-order valence-electron chi connectivity index (χ3n) is 6.15. The van der Waals surface area contributed by atoms with Crippen LogP contribution in [0.4, 0.5) is 13.2 Å². The number of hydrogen-bond acceptors (Lipinski definition) is 4. The second-order valence-electron chi connectivity index (χ2n) is 8.73. The van der Waals surface area contributed by atoms with E-state index in [2.05, 4.69) is 33.9 Å². The Morgan fingerprint density at radius 3 is 2.45 bits per heavy atom. The lowest BCUT2D eigenvalue weighted by molar-refractivity contribution is -0.0521. The SMILES string of the molecule is CCc1cccc(-c2ccc(-n3cc(Cl)c(C)n3)c(-c3oc(C)nc3-c3ccc(OC(F)F)c(F)c3)c2)c1. The normalized spacial score (nSPS) is 11.4. The lowest BCUT2D eigenvalue weighted by Crippen LogP contribution is -2.03. The first-order chi connectivity index (χ1) is 18.2. The summed E-state index contributed by atoms with van der Waals surface area (Å²) in [6.45, 7) is 2.44. The third kappa shape index (κ3) is 5.04. The maximum atomic E-state index is 14.6. The topological polar surface area (TPSA) is 53.1 Å². The van der Waals surface area contributed by atoms with Crippen LogP contribution in [0.5, 0.6) is 5.75 Å². The highest BCUT2D eigenvalue weighted by Gasteiger charge is 2.22. The Bertz CT molecular complexity index is 1610. The first kappa shape index (κ1) is 25.6. The molecule has 2 aromatic heterocycles. The average molecular weight is 538 g/mol. The van der Waals surface area contributed by atoms with Crippen LogP contribution in [0, 0.1) is 19.7 Å². The number of ether oxygens (including phenoxy) is 1. The van der Waals surface area contributed by atoms with Gasteiger partial charge in [0.15, 0.2) is 23.2 Å². The van der Waals surface area contributed by atoms with Crippen LogP contribution in [0.25, 0.3) is 39.4 Å². The van der Waals surface area contributed by atoms with Gasteiger partial charge in [-0.05, 0) is 60.4 Å². The summed E-state index contributed by atoms with van der Waals surface area (Å²) < 4.78 is 51.9. The molecule has 0 saturated carbocycles. The highest BCUT2D eigenvalue weighted by molar-refractivity contribution is 6.31. The van der Waals surface area contributed by atoms with Gasteiger partial charge in [0.2, 0.25) is 0 Å².